The zero-order chi connectivity index (χ0) is 14.4. The molecule has 0 bridgehead atoms. The number of aryl methyl sites for hydroxylation is 2. The molecule has 0 fully saturated rings. The van der Waals surface area contributed by atoms with Crippen molar-refractivity contribution in [1.82, 2.24) is 24.7 Å². The molecule has 0 atom stereocenters. The topological polar surface area (TPSA) is 80.5 Å². The van der Waals surface area contributed by atoms with Crippen molar-refractivity contribution in [2.24, 2.45) is 7.05 Å². The lowest BCUT2D eigenvalue weighted by Crippen LogP contribution is -2.09. The summed E-state index contributed by atoms with van der Waals surface area (Å²) in [5.74, 6) is 3.24. The molecule has 2 N–H and O–H groups in total. The summed E-state index contributed by atoms with van der Waals surface area (Å²) in [6, 6.07) is 1.91. The average Bonchev–Trinajstić information content (AvgIpc) is 2.83. The first-order valence-corrected chi connectivity index (χ1v) is 6.91. The van der Waals surface area contributed by atoms with Gasteiger partial charge in [0.05, 0.1) is 6.54 Å². The summed E-state index contributed by atoms with van der Waals surface area (Å²) in [5, 5.41) is 10.7. The fraction of sp³-hybridized carbons (Fsp3) is 0.538. The Morgan fingerprint density at radius 3 is 2.45 bits per heavy atom. The molecule has 0 saturated carbocycles. The third-order valence-corrected chi connectivity index (χ3v) is 2.68. The Labute approximate surface area is 118 Å². The fourth-order valence-electron chi connectivity index (χ4n) is 1.83. The summed E-state index contributed by atoms with van der Waals surface area (Å²) < 4.78 is 1.68. The van der Waals surface area contributed by atoms with Gasteiger partial charge >= 0.3 is 0 Å². The number of anilines is 2. The molecule has 0 aliphatic carbocycles. The van der Waals surface area contributed by atoms with E-state index in [4.69, 9.17) is 0 Å². The molecule has 7 heteroatoms. The van der Waals surface area contributed by atoms with Crippen LogP contribution < -0.4 is 10.6 Å². The first kappa shape index (κ1) is 14.2. The molecule has 108 valence electrons. The number of hydrogen-bond acceptors (Lipinski definition) is 6. The van der Waals surface area contributed by atoms with Crippen molar-refractivity contribution in [2.75, 3.05) is 17.2 Å². The van der Waals surface area contributed by atoms with Crippen molar-refractivity contribution in [3.05, 3.63) is 24.0 Å². The third-order valence-electron chi connectivity index (χ3n) is 2.68. The van der Waals surface area contributed by atoms with Crippen LogP contribution in [0.5, 0.6) is 0 Å². The highest BCUT2D eigenvalue weighted by atomic mass is 15.3. The van der Waals surface area contributed by atoms with Crippen LogP contribution in [0.15, 0.2) is 12.4 Å². The summed E-state index contributed by atoms with van der Waals surface area (Å²) in [5.41, 5.74) is 0. The number of nitrogens with one attached hydrogen (secondary N) is 2. The van der Waals surface area contributed by atoms with Crippen LogP contribution in [-0.2, 0) is 20.0 Å². The van der Waals surface area contributed by atoms with E-state index in [2.05, 4.69) is 37.6 Å². The zero-order valence-electron chi connectivity index (χ0n) is 12.2. The summed E-state index contributed by atoms with van der Waals surface area (Å²) in [7, 11) is 1.85. The smallest absolute Gasteiger partial charge is 0.169 e. The van der Waals surface area contributed by atoms with Crippen molar-refractivity contribution in [3.63, 3.8) is 0 Å². The normalized spacial score (nSPS) is 10.6. The van der Waals surface area contributed by atoms with E-state index in [1.807, 2.05) is 20.0 Å². The Balaban J connectivity index is 2.08. The van der Waals surface area contributed by atoms with Gasteiger partial charge in [0.2, 0.25) is 0 Å². The highest BCUT2D eigenvalue weighted by molar-refractivity contribution is 5.47. The van der Waals surface area contributed by atoms with Crippen molar-refractivity contribution in [2.45, 2.75) is 33.2 Å². The SMILES string of the molecule is CCCc1nc(NCC)cc(NCc2ncn(C)n2)n1. The maximum atomic E-state index is 4.50. The minimum atomic E-state index is 0.551. The third kappa shape index (κ3) is 3.91. The molecule has 0 saturated heterocycles. The van der Waals surface area contributed by atoms with Crippen LogP contribution in [0, 0.1) is 0 Å². The molecule has 0 aliphatic heterocycles. The van der Waals surface area contributed by atoms with Crippen molar-refractivity contribution in [3.8, 4) is 0 Å². The van der Waals surface area contributed by atoms with E-state index < -0.39 is 0 Å². The van der Waals surface area contributed by atoms with Crippen LogP contribution in [-0.4, -0.2) is 31.3 Å². The van der Waals surface area contributed by atoms with Gasteiger partial charge in [0, 0.05) is 26.1 Å². The Morgan fingerprint density at radius 2 is 1.85 bits per heavy atom. The Bertz CT molecular complexity index is 525. The molecule has 7 nitrogen and oxygen atoms in total. The quantitative estimate of drug-likeness (QED) is 0.799. The van der Waals surface area contributed by atoms with Gasteiger partial charge in [0.1, 0.15) is 23.8 Å². The lowest BCUT2D eigenvalue weighted by molar-refractivity contribution is 0.746. The zero-order valence-corrected chi connectivity index (χ0v) is 12.2. The minimum absolute atomic E-state index is 0.551. The van der Waals surface area contributed by atoms with E-state index in [-0.39, 0.29) is 0 Å². The first-order valence-electron chi connectivity index (χ1n) is 6.91. The van der Waals surface area contributed by atoms with Crippen LogP contribution in [0.3, 0.4) is 0 Å². The molecular weight excluding hydrogens is 254 g/mol. The van der Waals surface area contributed by atoms with E-state index in [9.17, 15) is 0 Å². The minimum Gasteiger partial charge on any atom is -0.370 e. The van der Waals surface area contributed by atoms with Crippen molar-refractivity contribution < 1.29 is 0 Å². The molecule has 0 aliphatic rings. The van der Waals surface area contributed by atoms with E-state index in [0.717, 1.165) is 42.7 Å². The molecule has 20 heavy (non-hydrogen) atoms. The van der Waals surface area contributed by atoms with Crippen LogP contribution in [0.1, 0.15) is 31.9 Å². The first-order chi connectivity index (χ1) is 9.71. The molecular formula is C13H21N7. The van der Waals surface area contributed by atoms with Gasteiger partial charge in [0.25, 0.3) is 0 Å². The number of rotatable bonds is 7. The van der Waals surface area contributed by atoms with Crippen LogP contribution in [0.25, 0.3) is 0 Å². The summed E-state index contributed by atoms with van der Waals surface area (Å²) >= 11 is 0. The van der Waals surface area contributed by atoms with Crippen LogP contribution >= 0.6 is 0 Å². The molecule has 2 rings (SSSR count). The average molecular weight is 275 g/mol. The Kier molecular flexibility index (Phi) is 4.86. The van der Waals surface area contributed by atoms with Crippen LogP contribution in [0.2, 0.25) is 0 Å². The largest absolute Gasteiger partial charge is 0.370 e. The van der Waals surface area contributed by atoms with Gasteiger partial charge in [-0.25, -0.2) is 15.0 Å². The van der Waals surface area contributed by atoms with Crippen LogP contribution in [0.4, 0.5) is 11.6 Å². The standard InChI is InChI=1S/C13H21N7/c1-4-6-10-17-11(14-5-2)7-12(18-10)15-8-13-16-9-20(3)19-13/h7,9H,4-6,8H2,1-3H3,(H2,14,15,17,18). The van der Waals surface area contributed by atoms with Gasteiger partial charge in [-0.2, -0.15) is 5.10 Å². The molecule has 0 aromatic carbocycles. The lowest BCUT2D eigenvalue weighted by Gasteiger charge is -2.09. The second-order valence-corrected chi connectivity index (χ2v) is 4.52. The second kappa shape index (κ2) is 6.83. The number of hydrogen-bond donors (Lipinski definition) is 2. The van der Waals surface area contributed by atoms with Gasteiger partial charge < -0.3 is 10.6 Å². The highest BCUT2D eigenvalue weighted by Crippen LogP contribution is 2.13. The molecule has 2 aromatic heterocycles. The highest BCUT2D eigenvalue weighted by Gasteiger charge is 2.05. The predicted molar refractivity (Wildman–Crippen MR) is 78.5 cm³/mol. The van der Waals surface area contributed by atoms with E-state index in [0.29, 0.717) is 6.54 Å². The molecule has 0 amide bonds. The molecule has 0 radical (unpaired) electrons. The van der Waals surface area contributed by atoms with Gasteiger partial charge in [-0.1, -0.05) is 6.92 Å². The van der Waals surface area contributed by atoms with Gasteiger partial charge in [-0.05, 0) is 13.3 Å². The van der Waals surface area contributed by atoms with Gasteiger partial charge in [-0.3, -0.25) is 4.68 Å². The fourth-order valence-corrected chi connectivity index (χ4v) is 1.83. The summed E-state index contributed by atoms with van der Waals surface area (Å²) in [6.45, 7) is 5.56. The lowest BCUT2D eigenvalue weighted by atomic mass is 10.3. The van der Waals surface area contributed by atoms with Crippen molar-refractivity contribution >= 4 is 11.6 Å². The Morgan fingerprint density at radius 1 is 1.10 bits per heavy atom. The molecule has 0 unspecified atom stereocenters. The van der Waals surface area contributed by atoms with Gasteiger partial charge in [0.15, 0.2) is 5.82 Å². The summed E-state index contributed by atoms with van der Waals surface area (Å²) in [4.78, 5) is 13.2. The summed E-state index contributed by atoms with van der Waals surface area (Å²) in [6.07, 6.45) is 3.58. The molecule has 2 aromatic rings. The molecule has 2 heterocycles. The predicted octanol–water partition coefficient (Wildman–Crippen LogP) is 1.60. The molecule has 0 spiro atoms. The maximum Gasteiger partial charge on any atom is 0.169 e. The van der Waals surface area contributed by atoms with Crippen molar-refractivity contribution in [1.29, 1.82) is 0 Å². The maximum absolute atomic E-state index is 4.50. The second-order valence-electron chi connectivity index (χ2n) is 4.52. The monoisotopic (exact) mass is 275 g/mol. The van der Waals surface area contributed by atoms with Gasteiger partial charge in [-0.15, -0.1) is 0 Å². The number of nitrogens with zero attached hydrogens (tertiary/aromatic N) is 5. The van der Waals surface area contributed by atoms with E-state index in [1.165, 1.54) is 0 Å². The Hall–Kier alpha value is -2.18. The van der Waals surface area contributed by atoms with E-state index in [1.54, 1.807) is 11.0 Å². The van der Waals surface area contributed by atoms with E-state index >= 15 is 0 Å². The number of aromatic nitrogens is 5.